The van der Waals surface area contributed by atoms with Crippen LogP contribution in [-0.4, -0.2) is 43.1 Å². The van der Waals surface area contributed by atoms with Gasteiger partial charge in [0, 0.05) is 32.0 Å². The third-order valence-corrected chi connectivity index (χ3v) is 4.59. The van der Waals surface area contributed by atoms with Crippen molar-refractivity contribution in [1.29, 1.82) is 0 Å². The maximum Gasteiger partial charge on any atom is 0.215 e. The molecule has 0 aromatic carbocycles. The molecule has 6 heteroatoms. The zero-order valence-corrected chi connectivity index (χ0v) is 10.5. The molecular weight excluding hydrogens is 238 g/mol. The van der Waals surface area contributed by atoms with E-state index < -0.39 is 10.0 Å². The number of rotatable bonds is 2. The Morgan fingerprint density at radius 2 is 2.29 bits per heavy atom. The van der Waals surface area contributed by atoms with E-state index in [1.165, 1.54) is 0 Å². The molecule has 0 atom stereocenters. The number of hydrogen-bond donors (Lipinski definition) is 1. The Balaban J connectivity index is 2.11. The van der Waals surface area contributed by atoms with Crippen LogP contribution in [0.2, 0.25) is 0 Å². The molecule has 1 saturated heterocycles. The monoisotopic (exact) mass is 255 g/mol. The van der Waals surface area contributed by atoms with Crippen LogP contribution in [0.1, 0.15) is 12.0 Å². The number of hydrogen-bond acceptors (Lipinski definition) is 4. The Labute approximate surface area is 102 Å². The minimum absolute atomic E-state index is 0.174. The maximum atomic E-state index is 12.0. The van der Waals surface area contributed by atoms with Gasteiger partial charge in [-0.2, -0.15) is 4.31 Å². The summed E-state index contributed by atoms with van der Waals surface area (Å²) in [7, 11) is -3.14. The lowest BCUT2D eigenvalue weighted by molar-refractivity contribution is 0.386. The fourth-order valence-corrected chi connectivity index (χ4v) is 3.26. The fraction of sp³-hybridized carbons (Fsp3) is 0.545. The number of sulfonamides is 1. The van der Waals surface area contributed by atoms with Crippen molar-refractivity contribution in [2.45, 2.75) is 13.0 Å². The molecule has 0 amide bonds. The molecule has 2 rings (SSSR count). The summed E-state index contributed by atoms with van der Waals surface area (Å²) in [6, 6.07) is 3.73. The van der Waals surface area contributed by atoms with Crippen LogP contribution in [0.5, 0.6) is 0 Å². The van der Waals surface area contributed by atoms with E-state index in [9.17, 15) is 8.42 Å². The van der Waals surface area contributed by atoms with Gasteiger partial charge in [0.25, 0.3) is 0 Å². The van der Waals surface area contributed by atoms with E-state index in [4.69, 9.17) is 0 Å². The van der Waals surface area contributed by atoms with Crippen LogP contribution < -0.4 is 5.32 Å². The largest absolute Gasteiger partial charge is 0.316 e. The maximum absolute atomic E-state index is 12.0. The number of pyridine rings is 1. The van der Waals surface area contributed by atoms with Crippen LogP contribution in [0, 0.1) is 0 Å². The van der Waals surface area contributed by atoms with Crippen molar-refractivity contribution < 1.29 is 8.42 Å². The molecule has 1 N–H and O–H groups in total. The molecule has 0 bridgehead atoms. The van der Waals surface area contributed by atoms with Crippen molar-refractivity contribution in [3.05, 3.63) is 30.1 Å². The van der Waals surface area contributed by atoms with Crippen molar-refractivity contribution in [2.75, 3.05) is 25.4 Å². The van der Waals surface area contributed by atoms with E-state index in [0.717, 1.165) is 18.5 Å². The Morgan fingerprint density at radius 3 is 3.06 bits per heavy atom. The first-order valence-electron chi connectivity index (χ1n) is 5.76. The van der Waals surface area contributed by atoms with Gasteiger partial charge in [-0.15, -0.1) is 0 Å². The third-order valence-electron chi connectivity index (χ3n) is 2.77. The van der Waals surface area contributed by atoms with Gasteiger partial charge in [0.15, 0.2) is 0 Å². The summed E-state index contributed by atoms with van der Waals surface area (Å²) in [5, 5.41) is 3.11. The topological polar surface area (TPSA) is 62.3 Å². The van der Waals surface area contributed by atoms with Crippen LogP contribution >= 0.6 is 0 Å². The molecule has 0 radical (unpaired) electrons. The summed E-state index contributed by atoms with van der Waals surface area (Å²) in [5.41, 5.74) is 0.935. The highest BCUT2D eigenvalue weighted by Crippen LogP contribution is 2.10. The van der Waals surface area contributed by atoms with E-state index in [2.05, 4.69) is 10.3 Å². The van der Waals surface area contributed by atoms with Crippen LogP contribution in [-0.2, 0) is 16.6 Å². The average Bonchev–Trinajstić information content (AvgIpc) is 2.31. The highest BCUT2D eigenvalue weighted by Gasteiger charge is 2.22. The Bertz CT molecular complexity index is 447. The number of nitrogens with one attached hydrogen (secondary N) is 1. The molecule has 1 aromatic rings. The van der Waals surface area contributed by atoms with Crippen LogP contribution in [0.4, 0.5) is 0 Å². The van der Waals surface area contributed by atoms with Gasteiger partial charge in [0.05, 0.1) is 5.75 Å². The molecular formula is C11H17N3O2S. The smallest absolute Gasteiger partial charge is 0.215 e. The average molecular weight is 255 g/mol. The molecule has 5 nitrogen and oxygen atoms in total. The Kier molecular flexibility index (Phi) is 4.09. The van der Waals surface area contributed by atoms with Crippen molar-refractivity contribution in [1.82, 2.24) is 14.6 Å². The highest BCUT2D eigenvalue weighted by molar-refractivity contribution is 7.89. The lowest BCUT2D eigenvalue weighted by Gasteiger charge is -2.24. The summed E-state index contributed by atoms with van der Waals surface area (Å²) in [6.45, 7) is 2.41. The zero-order chi connectivity index (χ0) is 12.1. The van der Waals surface area contributed by atoms with Crippen LogP contribution in [0.25, 0.3) is 0 Å². The molecule has 1 aliphatic rings. The SMILES string of the molecule is O=S1(=O)CCNCCCN1Cc1cccnc1. The summed E-state index contributed by atoms with van der Waals surface area (Å²) >= 11 is 0. The summed E-state index contributed by atoms with van der Waals surface area (Å²) in [6.07, 6.45) is 4.25. The normalized spacial score (nSPS) is 21.6. The van der Waals surface area contributed by atoms with Gasteiger partial charge in [0.1, 0.15) is 0 Å². The Hall–Kier alpha value is -0.980. The minimum Gasteiger partial charge on any atom is -0.316 e. The van der Waals surface area contributed by atoms with Gasteiger partial charge in [-0.1, -0.05) is 6.07 Å². The molecule has 0 saturated carbocycles. The predicted molar refractivity (Wildman–Crippen MR) is 65.9 cm³/mol. The molecule has 0 spiro atoms. The van der Waals surface area contributed by atoms with Crippen molar-refractivity contribution in [3.63, 3.8) is 0 Å². The second-order valence-electron chi connectivity index (χ2n) is 4.11. The standard InChI is InChI=1S/C11H17N3O2S/c15-17(16)8-6-12-5-2-7-14(17)10-11-3-1-4-13-9-11/h1,3-4,9,12H,2,5-8,10H2. The first-order valence-corrected chi connectivity index (χ1v) is 7.37. The summed E-state index contributed by atoms with van der Waals surface area (Å²) < 4.78 is 25.6. The van der Waals surface area contributed by atoms with E-state index in [1.54, 1.807) is 16.7 Å². The van der Waals surface area contributed by atoms with Gasteiger partial charge < -0.3 is 5.32 Å². The molecule has 1 aromatic heterocycles. The van der Waals surface area contributed by atoms with Crippen molar-refractivity contribution in [2.24, 2.45) is 0 Å². The lowest BCUT2D eigenvalue weighted by atomic mass is 10.3. The van der Waals surface area contributed by atoms with E-state index >= 15 is 0 Å². The first kappa shape index (κ1) is 12.5. The van der Waals surface area contributed by atoms with Crippen molar-refractivity contribution in [3.8, 4) is 0 Å². The molecule has 1 fully saturated rings. The van der Waals surface area contributed by atoms with Crippen LogP contribution in [0.15, 0.2) is 24.5 Å². The van der Waals surface area contributed by atoms with Gasteiger partial charge in [-0.05, 0) is 24.6 Å². The molecule has 17 heavy (non-hydrogen) atoms. The second-order valence-corrected chi connectivity index (χ2v) is 6.20. The van der Waals surface area contributed by atoms with Gasteiger partial charge >= 0.3 is 0 Å². The van der Waals surface area contributed by atoms with E-state index in [0.29, 0.717) is 19.6 Å². The second kappa shape index (κ2) is 5.57. The van der Waals surface area contributed by atoms with Crippen LogP contribution in [0.3, 0.4) is 0 Å². The highest BCUT2D eigenvalue weighted by atomic mass is 32.2. The quantitative estimate of drug-likeness (QED) is 0.820. The molecule has 2 heterocycles. The number of nitrogens with zero attached hydrogens (tertiary/aromatic N) is 2. The zero-order valence-electron chi connectivity index (χ0n) is 9.67. The molecule has 1 aliphatic heterocycles. The Morgan fingerprint density at radius 1 is 1.41 bits per heavy atom. The van der Waals surface area contributed by atoms with Gasteiger partial charge in [0.2, 0.25) is 10.0 Å². The molecule has 0 aliphatic carbocycles. The van der Waals surface area contributed by atoms with Gasteiger partial charge in [-0.25, -0.2) is 8.42 Å². The lowest BCUT2D eigenvalue weighted by Crippen LogP contribution is -2.40. The van der Waals surface area contributed by atoms with E-state index in [1.807, 2.05) is 12.1 Å². The molecule has 0 unspecified atom stereocenters. The summed E-state index contributed by atoms with van der Waals surface area (Å²) in [5.74, 6) is 0.174. The summed E-state index contributed by atoms with van der Waals surface area (Å²) in [4.78, 5) is 4.01. The van der Waals surface area contributed by atoms with Gasteiger partial charge in [-0.3, -0.25) is 4.98 Å². The first-order chi connectivity index (χ1) is 8.18. The minimum atomic E-state index is -3.14. The van der Waals surface area contributed by atoms with E-state index in [-0.39, 0.29) is 5.75 Å². The van der Waals surface area contributed by atoms with Crippen molar-refractivity contribution >= 4 is 10.0 Å². The third kappa shape index (κ3) is 3.49. The predicted octanol–water partition coefficient (Wildman–Crippen LogP) is 0.207. The molecule has 94 valence electrons. The fourth-order valence-electron chi connectivity index (χ4n) is 1.85. The number of aromatic nitrogens is 1.